The molecule has 6 heteroatoms. The smallest absolute Gasteiger partial charge is 0.322 e. The minimum absolute atomic E-state index is 0.124. The molecule has 0 saturated carbocycles. The van der Waals surface area contributed by atoms with Gasteiger partial charge in [-0.3, -0.25) is 0 Å². The van der Waals surface area contributed by atoms with Crippen molar-refractivity contribution in [2.75, 3.05) is 24.7 Å². The van der Waals surface area contributed by atoms with Crippen molar-refractivity contribution >= 4 is 11.9 Å². The number of hydrogen-bond acceptors (Lipinski definition) is 6. The zero-order valence-electron chi connectivity index (χ0n) is 7.32. The molecule has 1 aromatic heterocycles. The van der Waals surface area contributed by atoms with E-state index in [2.05, 4.69) is 26.8 Å². The van der Waals surface area contributed by atoms with E-state index in [1.54, 1.807) is 6.08 Å². The molecule has 0 aliphatic heterocycles. The van der Waals surface area contributed by atoms with Crippen molar-refractivity contribution in [3.05, 3.63) is 12.7 Å². The van der Waals surface area contributed by atoms with Gasteiger partial charge in [0.15, 0.2) is 0 Å². The van der Waals surface area contributed by atoms with Crippen LogP contribution in [0.2, 0.25) is 0 Å². The number of aromatic nitrogens is 3. The van der Waals surface area contributed by atoms with Crippen LogP contribution in [0.4, 0.5) is 11.9 Å². The van der Waals surface area contributed by atoms with Gasteiger partial charge in [0.05, 0.1) is 7.11 Å². The molecular formula is C7H11N5O. The van der Waals surface area contributed by atoms with Crippen LogP contribution in [0.15, 0.2) is 12.7 Å². The number of nitrogens with one attached hydrogen (secondary N) is 1. The van der Waals surface area contributed by atoms with Crippen LogP contribution < -0.4 is 15.8 Å². The van der Waals surface area contributed by atoms with E-state index in [0.717, 1.165) is 0 Å². The number of ether oxygens (including phenoxy) is 1. The van der Waals surface area contributed by atoms with Gasteiger partial charge in [-0.2, -0.15) is 15.0 Å². The minimum Gasteiger partial charge on any atom is -0.467 e. The van der Waals surface area contributed by atoms with Crippen LogP contribution in [0, 0.1) is 0 Å². The van der Waals surface area contributed by atoms with E-state index < -0.39 is 0 Å². The van der Waals surface area contributed by atoms with Crippen molar-refractivity contribution in [2.24, 2.45) is 0 Å². The number of hydrogen-bond donors (Lipinski definition) is 2. The quantitative estimate of drug-likeness (QED) is 0.639. The van der Waals surface area contributed by atoms with Gasteiger partial charge in [-0.15, -0.1) is 6.58 Å². The molecule has 0 aliphatic carbocycles. The topological polar surface area (TPSA) is 86.0 Å². The Hall–Kier alpha value is -1.85. The first kappa shape index (κ1) is 9.24. The highest BCUT2D eigenvalue weighted by Gasteiger charge is 2.01. The molecule has 0 amide bonds. The monoisotopic (exact) mass is 181 g/mol. The number of anilines is 2. The Labute approximate surface area is 75.9 Å². The molecule has 0 bridgehead atoms. The Bertz CT molecular complexity index is 301. The molecule has 1 rings (SSSR count). The maximum atomic E-state index is 5.40. The van der Waals surface area contributed by atoms with Crippen LogP contribution in [-0.2, 0) is 0 Å². The number of nitrogens with zero attached hydrogens (tertiary/aromatic N) is 3. The summed E-state index contributed by atoms with van der Waals surface area (Å²) < 4.78 is 4.81. The molecule has 6 nitrogen and oxygen atoms in total. The molecule has 0 spiro atoms. The Balaban J connectivity index is 2.81. The van der Waals surface area contributed by atoms with Gasteiger partial charge < -0.3 is 15.8 Å². The van der Waals surface area contributed by atoms with Gasteiger partial charge in [0.1, 0.15) is 0 Å². The molecule has 1 aromatic rings. The van der Waals surface area contributed by atoms with Crippen molar-refractivity contribution in [1.29, 1.82) is 0 Å². The van der Waals surface area contributed by atoms with Crippen molar-refractivity contribution in [3.8, 4) is 6.01 Å². The first-order valence-corrected chi connectivity index (χ1v) is 3.66. The Morgan fingerprint density at radius 1 is 1.54 bits per heavy atom. The second-order valence-electron chi connectivity index (χ2n) is 2.17. The molecule has 13 heavy (non-hydrogen) atoms. The molecule has 0 saturated heterocycles. The van der Waals surface area contributed by atoms with Crippen LogP contribution in [0.25, 0.3) is 0 Å². The van der Waals surface area contributed by atoms with Gasteiger partial charge in [0.2, 0.25) is 11.9 Å². The van der Waals surface area contributed by atoms with E-state index in [-0.39, 0.29) is 12.0 Å². The summed E-state index contributed by atoms with van der Waals surface area (Å²) in [5, 5.41) is 2.87. The lowest BCUT2D eigenvalue weighted by Crippen LogP contribution is -2.07. The lowest BCUT2D eigenvalue weighted by molar-refractivity contribution is 0.380. The summed E-state index contributed by atoms with van der Waals surface area (Å²) in [6.45, 7) is 4.11. The predicted octanol–water partition coefficient (Wildman–Crippen LogP) is 0.0603. The summed E-state index contributed by atoms with van der Waals surface area (Å²) >= 11 is 0. The fourth-order valence-electron chi connectivity index (χ4n) is 0.706. The summed E-state index contributed by atoms with van der Waals surface area (Å²) in [6, 6.07) is 0.194. The van der Waals surface area contributed by atoms with Crippen LogP contribution >= 0.6 is 0 Å². The third kappa shape index (κ3) is 2.58. The van der Waals surface area contributed by atoms with Gasteiger partial charge in [-0.05, 0) is 0 Å². The third-order valence-corrected chi connectivity index (χ3v) is 1.22. The molecule has 3 N–H and O–H groups in total. The largest absolute Gasteiger partial charge is 0.467 e. The second kappa shape index (κ2) is 4.24. The Morgan fingerprint density at radius 2 is 2.31 bits per heavy atom. The normalized spacial score (nSPS) is 9.31. The molecular weight excluding hydrogens is 170 g/mol. The standard InChI is InChI=1S/C7H11N5O/c1-3-4-9-6-10-5(8)11-7(12-6)13-2/h3H,1,4H2,2H3,(H3,8,9,10,11,12). The average molecular weight is 181 g/mol. The summed E-state index contributed by atoms with van der Waals surface area (Å²) in [6.07, 6.45) is 1.69. The van der Waals surface area contributed by atoms with E-state index in [0.29, 0.717) is 12.5 Å². The Kier molecular flexibility index (Phi) is 3.02. The van der Waals surface area contributed by atoms with Gasteiger partial charge in [0, 0.05) is 6.54 Å². The highest BCUT2D eigenvalue weighted by atomic mass is 16.5. The van der Waals surface area contributed by atoms with E-state index in [1.165, 1.54) is 7.11 Å². The molecule has 0 aromatic carbocycles. The minimum atomic E-state index is 0.124. The van der Waals surface area contributed by atoms with E-state index in [9.17, 15) is 0 Å². The molecule has 0 atom stereocenters. The van der Waals surface area contributed by atoms with E-state index in [1.807, 2.05) is 0 Å². The number of nitrogens with two attached hydrogens (primary N) is 1. The molecule has 0 radical (unpaired) electrons. The maximum absolute atomic E-state index is 5.40. The van der Waals surface area contributed by atoms with Crippen LogP contribution in [0.1, 0.15) is 0 Å². The lowest BCUT2D eigenvalue weighted by atomic mass is 10.6. The van der Waals surface area contributed by atoms with Crippen molar-refractivity contribution in [1.82, 2.24) is 15.0 Å². The van der Waals surface area contributed by atoms with Crippen LogP contribution in [-0.4, -0.2) is 28.6 Å². The average Bonchev–Trinajstić information content (AvgIpc) is 2.14. The predicted molar refractivity (Wildman–Crippen MR) is 49.5 cm³/mol. The second-order valence-corrected chi connectivity index (χ2v) is 2.17. The van der Waals surface area contributed by atoms with Crippen LogP contribution in [0.5, 0.6) is 6.01 Å². The van der Waals surface area contributed by atoms with Crippen LogP contribution in [0.3, 0.4) is 0 Å². The SMILES string of the molecule is C=CCNc1nc(N)nc(OC)n1. The first-order chi connectivity index (χ1) is 6.26. The zero-order valence-corrected chi connectivity index (χ0v) is 7.32. The summed E-state index contributed by atoms with van der Waals surface area (Å²) in [7, 11) is 1.46. The van der Waals surface area contributed by atoms with Gasteiger partial charge in [-0.25, -0.2) is 0 Å². The summed E-state index contributed by atoms with van der Waals surface area (Å²) in [4.78, 5) is 11.5. The Morgan fingerprint density at radius 3 is 2.92 bits per heavy atom. The van der Waals surface area contributed by atoms with E-state index >= 15 is 0 Å². The zero-order chi connectivity index (χ0) is 9.68. The molecule has 0 fully saturated rings. The lowest BCUT2D eigenvalue weighted by Gasteiger charge is -2.03. The van der Waals surface area contributed by atoms with Gasteiger partial charge in [-0.1, -0.05) is 6.08 Å². The molecule has 70 valence electrons. The fraction of sp³-hybridized carbons (Fsp3) is 0.286. The highest BCUT2D eigenvalue weighted by molar-refractivity contribution is 5.32. The number of nitrogen functional groups attached to an aromatic ring is 1. The summed E-state index contributed by atoms with van der Waals surface area (Å²) in [5.41, 5.74) is 5.40. The van der Waals surface area contributed by atoms with Crippen molar-refractivity contribution in [2.45, 2.75) is 0 Å². The van der Waals surface area contributed by atoms with Crippen molar-refractivity contribution in [3.63, 3.8) is 0 Å². The molecule has 0 unspecified atom stereocenters. The fourth-order valence-corrected chi connectivity index (χ4v) is 0.706. The number of rotatable bonds is 4. The maximum Gasteiger partial charge on any atom is 0.322 e. The third-order valence-electron chi connectivity index (χ3n) is 1.22. The summed E-state index contributed by atoms with van der Waals surface area (Å²) in [5.74, 6) is 0.502. The number of methoxy groups -OCH3 is 1. The highest BCUT2D eigenvalue weighted by Crippen LogP contribution is 2.07. The van der Waals surface area contributed by atoms with Gasteiger partial charge >= 0.3 is 6.01 Å². The molecule has 1 heterocycles. The van der Waals surface area contributed by atoms with E-state index in [4.69, 9.17) is 10.5 Å². The first-order valence-electron chi connectivity index (χ1n) is 3.66. The molecule has 0 aliphatic rings. The van der Waals surface area contributed by atoms with Gasteiger partial charge in [0.25, 0.3) is 0 Å². The van der Waals surface area contributed by atoms with Crippen molar-refractivity contribution < 1.29 is 4.74 Å².